The molecule has 0 bridgehead atoms. The molecule has 2 N–H and O–H groups in total. The molecule has 0 spiro atoms. The average Bonchev–Trinajstić information content (AvgIpc) is 3.11. The number of nitrogens with zero attached hydrogens (tertiary/aromatic N) is 4. The maximum Gasteiger partial charge on any atom is 0.208 e. The second kappa shape index (κ2) is 11.9. The highest BCUT2D eigenvalue weighted by Crippen LogP contribution is 2.19. The van der Waals surface area contributed by atoms with Gasteiger partial charge in [-0.15, -0.1) is 0 Å². The molecule has 1 aromatic heterocycles. The summed E-state index contributed by atoms with van der Waals surface area (Å²) >= 11 is 0. The molecule has 1 aromatic carbocycles. The number of piperidine rings is 1. The third-order valence-electron chi connectivity index (χ3n) is 6.34. The lowest BCUT2D eigenvalue weighted by Crippen LogP contribution is -2.44. The monoisotopic (exact) mass is 440 g/mol. The largest absolute Gasteiger partial charge is 0.444 e. The topological polar surface area (TPSA) is 68.9 Å². The molecule has 1 saturated heterocycles. The molecule has 32 heavy (non-hydrogen) atoms. The Labute approximate surface area is 193 Å². The molecule has 1 aliphatic rings. The molecule has 2 aromatic rings. The molecule has 0 aliphatic carbocycles. The number of rotatable bonds is 9. The van der Waals surface area contributed by atoms with Gasteiger partial charge < -0.3 is 20.0 Å². The summed E-state index contributed by atoms with van der Waals surface area (Å²) in [7, 11) is 1.84. The Balaban J connectivity index is 1.35. The molecule has 2 heterocycles. The van der Waals surface area contributed by atoms with Gasteiger partial charge in [0, 0.05) is 38.9 Å². The molecule has 0 saturated carbocycles. The van der Waals surface area contributed by atoms with E-state index in [-0.39, 0.29) is 0 Å². The minimum Gasteiger partial charge on any atom is -0.444 e. The highest BCUT2D eigenvalue weighted by molar-refractivity contribution is 5.79. The first-order valence-electron chi connectivity index (χ1n) is 11.9. The molecular formula is C25H40N6O. The van der Waals surface area contributed by atoms with Gasteiger partial charge in [0.25, 0.3) is 0 Å². The van der Waals surface area contributed by atoms with Crippen LogP contribution in [0.1, 0.15) is 42.7 Å². The summed E-state index contributed by atoms with van der Waals surface area (Å²) in [5.41, 5.74) is 3.57. The Kier molecular flexibility index (Phi) is 8.97. The molecule has 1 aliphatic heterocycles. The Morgan fingerprint density at radius 3 is 2.62 bits per heavy atom. The van der Waals surface area contributed by atoms with Crippen molar-refractivity contribution in [2.24, 2.45) is 10.9 Å². The van der Waals surface area contributed by atoms with Crippen LogP contribution in [0.2, 0.25) is 0 Å². The van der Waals surface area contributed by atoms with E-state index in [0.29, 0.717) is 5.92 Å². The van der Waals surface area contributed by atoms with Crippen LogP contribution < -0.4 is 15.5 Å². The highest BCUT2D eigenvalue weighted by atomic mass is 16.4. The van der Waals surface area contributed by atoms with Crippen molar-refractivity contribution in [3.8, 4) is 0 Å². The smallest absolute Gasteiger partial charge is 0.208 e. The first-order valence-corrected chi connectivity index (χ1v) is 11.9. The lowest BCUT2D eigenvalue weighted by Gasteiger charge is -2.31. The van der Waals surface area contributed by atoms with Gasteiger partial charge in [-0.25, -0.2) is 4.98 Å². The second-order valence-corrected chi connectivity index (χ2v) is 8.77. The van der Waals surface area contributed by atoms with Crippen molar-refractivity contribution >= 4 is 11.6 Å². The van der Waals surface area contributed by atoms with E-state index in [4.69, 9.17) is 4.42 Å². The number of aromatic nitrogens is 1. The number of aryl methyl sites for hydroxylation is 3. The Morgan fingerprint density at radius 1 is 1.22 bits per heavy atom. The molecule has 0 atom stereocenters. The number of likely N-dealkylation sites (tertiary alicyclic amines) is 1. The zero-order chi connectivity index (χ0) is 22.9. The van der Waals surface area contributed by atoms with E-state index in [2.05, 4.69) is 68.5 Å². The molecule has 1 fully saturated rings. The summed E-state index contributed by atoms with van der Waals surface area (Å²) in [6.07, 6.45) is 2.36. The van der Waals surface area contributed by atoms with Crippen LogP contribution >= 0.6 is 0 Å². The van der Waals surface area contributed by atoms with Crippen molar-refractivity contribution in [2.75, 3.05) is 51.2 Å². The number of nitrogens with one attached hydrogen (secondary N) is 2. The molecule has 7 nitrogen and oxygen atoms in total. The van der Waals surface area contributed by atoms with E-state index in [0.717, 1.165) is 69.1 Å². The van der Waals surface area contributed by atoms with Gasteiger partial charge in [0.1, 0.15) is 5.76 Å². The van der Waals surface area contributed by atoms with Crippen molar-refractivity contribution < 1.29 is 4.42 Å². The van der Waals surface area contributed by atoms with E-state index < -0.39 is 0 Å². The van der Waals surface area contributed by atoms with Crippen molar-refractivity contribution in [1.29, 1.82) is 0 Å². The van der Waals surface area contributed by atoms with E-state index >= 15 is 0 Å². The van der Waals surface area contributed by atoms with Crippen LogP contribution in [0, 0.1) is 26.7 Å². The molecule has 0 amide bonds. The molecule has 7 heteroatoms. The normalized spacial score (nSPS) is 15.7. The number of likely N-dealkylation sites (N-methyl/N-ethyl adjacent to an activating group) is 1. The SMILES string of the molecule is CCN(CCNC(=NC)NCC1CCN(Cc2nc(C)c(C)o2)CC1)c1cccc(C)c1. The molecule has 0 radical (unpaired) electrons. The summed E-state index contributed by atoms with van der Waals surface area (Å²) in [5.74, 6) is 3.32. The van der Waals surface area contributed by atoms with E-state index in [1.165, 1.54) is 24.1 Å². The predicted octanol–water partition coefficient (Wildman–Crippen LogP) is 3.50. The summed E-state index contributed by atoms with van der Waals surface area (Å²) < 4.78 is 5.74. The van der Waals surface area contributed by atoms with Gasteiger partial charge in [0.15, 0.2) is 5.96 Å². The van der Waals surface area contributed by atoms with Gasteiger partial charge >= 0.3 is 0 Å². The molecular weight excluding hydrogens is 400 g/mol. The maximum atomic E-state index is 5.74. The number of guanidine groups is 1. The van der Waals surface area contributed by atoms with Crippen molar-refractivity contribution in [3.05, 3.63) is 47.2 Å². The quantitative estimate of drug-likeness (QED) is 0.459. The fourth-order valence-electron chi connectivity index (χ4n) is 4.21. The van der Waals surface area contributed by atoms with Crippen molar-refractivity contribution in [3.63, 3.8) is 0 Å². The maximum absolute atomic E-state index is 5.74. The van der Waals surface area contributed by atoms with Crippen LogP contribution in [0.15, 0.2) is 33.7 Å². The van der Waals surface area contributed by atoms with E-state index in [9.17, 15) is 0 Å². The third kappa shape index (κ3) is 6.99. The van der Waals surface area contributed by atoms with Crippen LogP contribution in [-0.4, -0.2) is 62.2 Å². The molecule has 176 valence electrons. The minimum atomic E-state index is 0.664. The van der Waals surface area contributed by atoms with Crippen LogP contribution in [0.3, 0.4) is 0 Å². The Morgan fingerprint density at radius 2 is 2.00 bits per heavy atom. The Bertz CT molecular complexity index is 850. The zero-order valence-corrected chi connectivity index (χ0v) is 20.4. The number of hydrogen-bond donors (Lipinski definition) is 2. The van der Waals surface area contributed by atoms with E-state index in [1.807, 2.05) is 20.9 Å². The van der Waals surface area contributed by atoms with Crippen LogP contribution in [0.4, 0.5) is 5.69 Å². The molecule has 0 unspecified atom stereocenters. The minimum absolute atomic E-state index is 0.664. The average molecular weight is 441 g/mol. The summed E-state index contributed by atoms with van der Waals surface area (Å²) in [5, 5.41) is 7.00. The number of aliphatic imine (C=N–C) groups is 1. The standard InChI is InChI=1S/C25H40N6O/c1-6-31(23-9-7-8-19(2)16-23)15-12-27-25(26-5)28-17-22-10-13-30(14-11-22)18-24-29-20(3)21(4)32-24/h7-9,16,22H,6,10-15,17-18H2,1-5H3,(H2,26,27,28). The van der Waals surface area contributed by atoms with Gasteiger partial charge in [0.05, 0.1) is 12.2 Å². The summed E-state index contributed by atoms with van der Waals surface area (Å²) in [6, 6.07) is 8.69. The van der Waals surface area contributed by atoms with Crippen LogP contribution in [0.25, 0.3) is 0 Å². The zero-order valence-electron chi connectivity index (χ0n) is 20.4. The van der Waals surface area contributed by atoms with Gasteiger partial charge in [-0.3, -0.25) is 9.89 Å². The van der Waals surface area contributed by atoms with Gasteiger partial charge in [-0.05, 0) is 77.2 Å². The van der Waals surface area contributed by atoms with E-state index in [1.54, 1.807) is 0 Å². The number of hydrogen-bond acceptors (Lipinski definition) is 5. The predicted molar refractivity (Wildman–Crippen MR) is 132 cm³/mol. The van der Waals surface area contributed by atoms with Gasteiger partial charge in [0.2, 0.25) is 5.89 Å². The highest BCUT2D eigenvalue weighted by Gasteiger charge is 2.21. The molecule has 3 rings (SSSR count). The third-order valence-corrected chi connectivity index (χ3v) is 6.34. The number of oxazole rings is 1. The van der Waals surface area contributed by atoms with Gasteiger partial charge in [-0.2, -0.15) is 0 Å². The first kappa shape index (κ1) is 24.1. The lowest BCUT2D eigenvalue weighted by atomic mass is 9.97. The van der Waals surface area contributed by atoms with Crippen LogP contribution in [-0.2, 0) is 6.54 Å². The van der Waals surface area contributed by atoms with Crippen LogP contribution in [0.5, 0.6) is 0 Å². The van der Waals surface area contributed by atoms with Crippen molar-refractivity contribution in [2.45, 2.75) is 47.1 Å². The number of benzene rings is 1. The lowest BCUT2D eigenvalue weighted by molar-refractivity contribution is 0.164. The van der Waals surface area contributed by atoms with Crippen molar-refractivity contribution in [1.82, 2.24) is 20.5 Å². The Hall–Kier alpha value is -2.54. The fourth-order valence-corrected chi connectivity index (χ4v) is 4.21. The summed E-state index contributed by atoms with van der Waals surface area (Å²) in [6.45, 7) is 15.1. The van der Waals surface area contributed by atoms with Gasteiger partial charge in [-0.1, -0.05) is 12.1 Å². The number of anilines is 1. The second-order valence-electron chi connectivity index (χ2n) is 8.77. The first-order chi connectivity index (χ1) is 15.5. The fraction of sp³-hybridized carbons (Fsp3) is 0.600. The summed E-state index contributed by atoms with van der Waals surface area (Å²) in [4.78, 5) is 13.8.